The van der Waals surface area contributed by atoms with E-state index in [-0.39, 0.29) is 23.0 Å². The number of hydrogen-bond acceptors (Lipinski definition) is 4. The Bertz CT molecular complexity index is 1020. The summed E-state index contributed by atoms with van der Waals surface area (Å²) in [6, 6.07) is 15.3. The van der Waals surface area contributed by atoms with Crippen LogP contribution in [-0.2, 0) is 26.0 Å². The zero-order valence-corrected chi connectivity index (χ0v) is 21.9. The number of carbonyl (C=O) groups is 1. The van der Waals surface area contributed by atoms with Gasteiger partial charge >= 0.3 is 0 Å². The van der Waals surface area contributed by atoms with Crippen molar-refractivity contribution in [2.75, 3.05) is 26.2 Å². The summed E-state index contributed by atoms with van der Waals surface area (Å²) in [4.78, 5) is 12.5. The smallest absolute Gasteiger partial charge is 0.223 e. The minimum absolute atomic E-state index is 0.0226. The molecule has 0 atom stereocenters. The van der Waals surface area contributed by atoms with Crippen LogP contribution in [0.15, 0.2) is 53.0 Å². The van der Waals surface area contributed by atoms with Gasteiger partial charge < -0.3 is 10.1 Å². The maximum atomic E-state index is 12.7. The molecular formula is C25H33BrN2O4S. The first kappa shape index (κ1) is 25.7. The SMILES string of the molecule is CC(C)(C)c1ccc(OCCNC(=O)C2CCN(S(=O)(=O)Cc3ccc(Br)cc3)CC2)cc1. The molecule has 6 nitrogen and oxygen atoms in total. The third-order valence-electron chi connectivity index (χ3n) is 5.87. The van der Waals surface area contributed by atoms with Crippen molar-refractivity contribution in [1.82, 2.24) is 9.62 Å². The highest BCUT2D eigenvalue weighted by atomic mass is 79.9. The van der Waals surface area contributed by atoms with E-state index in [1.165, 1.54) is 9.87 Å². The molecule has 0 aromatic heterocycles. The van der Waals surface area contributed by atoms with Gasteiger partial charge in [0.15, 0.2) is 0 Å². The van der Waals surface area contributed by atoms with Crippen molar-refractivity contribution in [2.24, 2.45) is 5.92 Å². The Hall–Kier alpha value is -1.90. The monoisotopic (exact) mass is 536 g/mol. The second kappa shape index (κ2) is 11.0. The lowest BCUT2D eigenvalue weighted by Crippen LogP contribution is -2.43. The molecule has 0 bridgehead atoms. The number of nitrogens with zero attached hydrogens (tertiary/aromatic N) is 1. The maximum absolute atomic E-state index is 12.7. The Labute approximate surface area is 205 Å². The molecule has 0 saturated carbocycles. The number of carbonyl (C=O) groups excluding carboxylic acids is 1. The van der Waals surface area contributed by atoms with Gasteiger partial charge in [0.05, 0.1) is 12.3 Å². The molecule has 0 aliphatic carbocycles. The molecule has 1 amide bonds. The molecule has 2 aromatic rings. The largest absolute Gasteiger partial charge is 0.492 e. The second-order valence-electron chi connectivity index (χ2n) is 9.47. The van der Waals surface area contributed by atoms with Gasteiger partial charge in [-0.05, 0) is 53.6 Å². The molecule has 8 heteroatoms. The summed E-state index contributed by atoms with van der Waals surface area (Å²) in [5, 5.41) is 2.92. The molecular weight excluding hydrogens is 504 g/mol. The number of nitrogens with one attached hydrogen (secondary N) is 1. The van der Waals surface area contributed by atoms with Gasteiger partial charge in [0.1, 0.15) is 12.4 Å². The van der Waals surface area contributed by atoms with Crippen molar-refractivity contribution in [1.29, 1.82) is 0 Å². The van der Waals surface area contributed by atoms with E-state index in [2.05, 4.69) is 54.2 Å². The summed E-state index contributed by atoms with van der Waals surface area (Å²) >= 11 is 3.36. The fourth-order valence-corrected chi connectivity index (χ4v) is 5.65. The first-order chi connectivity index (χ1) is 15.5. The Morgan fingerprint density at radius 3 is 2.24 bits per heavy atom. The van der Waals surface area contributed by atoms with Crippen LogP contribution in [0.2, 0.25) is 0 Å². The van der Waals surface area contributed by atoms with Gasteiger partial charge in [-0.1, -0.05) is 61.0 Å². The van der Waals surface area contributed by atoms with E-state index in [0.29, 0.717) is 39.1 Å². The Morgan fingerprint density at radius 1 is 1.06 bits per heavy atom. The summed E-state index contributed by atoms with van der Waals surface area (Å²) in [5.41, 5.74) is 2.10. The molecule has 33 heavy (non-hydrogen) atoms. The fourth-order valence-electron chi connectivity index (χ4n) is 3.82. The topological polar surface area (TPSA) is 75.7 Å². The molecule has 2 aromatic carbocycles. The number of hydrogen-bond donors (Lipinski definition) is 1. The molecule has 1 N–H and O–H groups in total. The molecule has 0 spiro atoms. The molecule has 1 fully saturated rings. The summed E-state index contributed by atoms with van der Waals surface area (Å²) in [6.07, 6.45) is 1.06. The van der Waals surface area contributed by atoms with E-state index in [0.717, 1.165) is 15.8 Å². The fraction of sp³-hybridized carbons (Fsp3) is 0.480. The van der Waals surface area contributed by atoms with Crippen molar-refractivity contribution in [2.45, 2.75) is 44.8 Å². The van der Waals surface area contributed by atoms with Gasteiger partial charge in [-0.25, -0.2) is 12.7 Å². The minimum atomic E-state index is -3.40. The average Bonchev–Trinajstić information content (AvgIpc) is 2.78. The van der Waals surface area contributed by atoms with E-state index in [1.807, 2.05) is 36.4 Å². The van der Waals surface area contributed by atoms with Crippen molar-refractivity contribution in [3.05, 3.63) is 64.1 Å². The van der Waals surface area contributed by atoms with Crippen LogP contribution in [-0.4, -0.2) is 44.9 Å². The molecule has 0 unspecified atom stereocenters. The summed E-state index contributed by atoms with van der Waals surface area (Å²) in [5.74, 6) is 0.550. The van der Waals surface area contributed by atoms with E-state index in [1.54, 1.807) is 0 Å². The number of rotatable bonds is 8. The van der Waals surface area contributed by atoms with Crippen LogP contribution in [0.25, 0.3) is 0 Å². The lowest BCUT2D eigenvalue weighted by molar-refractivity contribution is -0.126. The quantitative estimate of drug-likeness (QED) is 0.504. The van der Waals surface area contributed by atoms with Crippen LogP contribution < -0.4 is 10.1 Å². The standard InChI is InChI=1S/C25H33BrN2O4S/c1-25(2,3)21-6-10-23(11-7-21)32-17-14-27-24(29)20-12-15-28(16-13-20)33(30,31)18-19-4-8-22(26)9-5-19/h4-11,20H,12-18H2,1-3H3,(H,27,29). The van der Waals surface area contributed by atoms with E-state index in [4.69, 9.17) is 4.74 Å². The maximum Gasteiger partial charge on any atom is 0.223 e. The van der Waals surface area contributed by atoms with Gasteiger partial charge in [0, 0.05) is 23.5 Å². The molecule has 1 heterocycles. The van der Waals surface area contributed by atoms with Crippen LogP contribution in [0.4, 0.5) is 0 Å². The number of benzene rings is 2. The molecule has 180 valence electrons. The van der Waals surface area contributed by atoms with E-state index in [9.17, 15) is 13.2 Å². The Kier molecular flexibility index (Phi) is 8.59. The highest BCUT2D eigenvalue weighted by Gasteiger charge is 2.31. The third kappa shape index (κ3) is 7.55. The zero-order valence-electron chi connectivity index (χ0n) is 19.5. The summed E-state index contributed by atoms with van der Waals surface area (Å²) < 4.78 is 33.6. The molecule has 3 rings (SSSR count). The van der Waals surface area contributed by atoms with Crippen molar-refractivity contribution >= 4 is 31.9 Å². The molecule has 0 radical (unpaired) electrons. The van der Waals surface area contributed by atoms with E-state index < -0.39 is 10.0 Å². The van der Waals surface area contributed by atoms with Crippen LogP contribution >= 0.6 is 15.9 Å². The highest BCUT2D eigenvalue weighted by molar-refractivity contribution is 9.10. The lowest BCUT2D eigenvalue weighted by atomic mass is 9.87. The van der Waals surface area contributed by atoms with Gasteiger partial charge in [-0.15, -0.1) is 0 Å². The predicted molar refractivity (Wildman–Crippen MR) is 135 cm³/mol. The van der Waals surface area contributed by atoms with Crippen molar-refractivity contribution in [3.8, 4) is 5.75 Å². The van der Waals surface area contributed by atoms with Gasteiger partial charge in [-0.3, -0.25) is 4.79 Å². The number of amides is 1. The first-order valence-electron chi connectivity index (χ1n) is 11.3. The third-order valence-corrected chi connectivity index (χ3v) is 8.25. The summed E-state index contributed by atoms with van der Waals surface area (Å²) in [6.45, 7) is 8.05. The first-order valence-corrected chi connectivity index (χ1v) is 13.7. The van der Waals surface area contributed by atoms with Crippen molar-refractivity contribution in [3.63, 3.8) is 0 Å². The minimum Gasteiger partial charge on any atom is -0.492 e. The molecule has 1 aliphatic rings. The van der Waals surface area contributed by atoms with Gasteiger partial charge in [0.25, 0.3) is 0 Å². The normalized spacial score (nSPS) is 15.9. The predicted octanol–water partition coefficient (Wildman–Crippen LogP) is 4.48. The highest BCUT2D eigenvalue weighted by Crippen LogP contribution is 2.25. The lowest BCUT2D eigenvalue weighted by Gasteiger charge is -2.30. The number of ether oxygens (including phenoxy) is 1. The number of halogens is 1. The molecule has 1 aliphatic heterocycles. The Morgan fingerprint density at radius 2 is 1.67 bits per heavy atom. The van der Waals surface area contributed by atoms with Crippen LogP contribution in [0.3, 0.4) is 0 Å². The van der Waals surface area contributed by atoms with Crippen LogP contribution in [0.5, 0.6) is 5.75 Å². The molecule has 1 saturated heterocycles. The number of piperidine rings is 1. The number of sulfonamides is 1. The Balaban J connectivity index is 1.39. The van der Waals surface area contributed by atoms with Gasteiger partial charge in [-0.2, -0.15) is 0 Å². The van der Waals surface area contributed by atoms with Crippen molar-refractivity contribution < 1.29 is 17.9 Å². The van der Waals surface area contributed by atoms with E-state index >= 15 is 0 Å². The van der Waals surface area contributed by atoms with Crippen LogP contribution in [0.1, 0.15) is 44.7 Å². The van der Waals surface area contributed by atoms with Gasteiger partial charge in [0.2, 0.25) is 15.9 Å². The van der Waals surface area contributed by atoms with Crippen LogP contribution in [0, 0.1) is 5.92 Å². The zero-order chi connectivity index (χ0) is 24.1. The summed E-state index contributed by atoms with van der Waals surface area (Å²) in [7, 11) is -3.40. The second-order valence-corrected chi connectivity index (χ2v) is 12.4. The average molecular weight is 538 g/mol.